The largest absolute Gasteiger partial charge is 0.477 e. The Morgan fingerprint density at radius 1 is 1.28 bits per heavy atom. The van der Waals surface area contributed by atoms with E-state index >= 15 is 0 Å². The van der Waals surface area contributed by atoms with Gasteiger partial charge < -0.3 is 19.7 Å². The van der Waals surface area contributed by atoms with Gasteiger partial charge in [-0.1, -0.05) is 23.9 Å². The molecule has 1 aromatic carbocycles. The zero-order valence-corrected chi connectivity index (χ0v) is 20.6. The first kappa shape index (κ1) is 23.2. The van der Waals surface area contributed by atoms with Crippen LogP contribution in [0.4, 0.5) is 0 Å². The lowest BCUT2D eigenvalue weighted by atomic mass is 10.0. The Hall–Kier alpha value is -3.25. The van der Waals surface area contributed by atoms with Crippen LogP contribution in [0.25, 0.3) is 11.1 Å². The van der Waals surface area contributed by atoms with E-state index in [2.05, 4.69) is 10.3 Å². The summed E-state index contributed by atoms with van der Waals surface area (Å²) < 4.78 is 5.60. The maximum atomic E-state index is 12.9. The summed E-state index contributed by atoms with van der Waals surface area (Å²) in [5, 5.41) is 12.4. The molecule has 36 heavy (non-hydrogen) atoms. The monoisotopic (exact) mass is 526 g/mol. The second kappa shape index (κ2) is 9.00. The minimum absolute atomic E-state index is 0.00652. The fourth-order valence-electron chi connectivity index (χ4n) is 4.72. The van der Waals surface area contributed by atoms with Gasteiger partial charge in [-0.3, -0.25) is 19.3 Å². The van der Waals surface area contributed by atoms with Gasteiger partial charge in [0.1, 0.15) is 22.6 Å². The molecule has 6 rings (SSSR count). The van der Waals surface area contributed by atoms with Gasteiger partial charge in [0, 0.05) is 23.9 Å². The van der Waals surface area contributed by atoms with Crippen molar-refractivity contribution in [3.8, 4) is 0 Å². The van der Waals surface area contributed by atoms with Gasteiger partial charge in [0.25, 0.3) is 11.1 Å². The Bertz CT molecular complexity index is 1330. The number of hydrogen-bond donors (Lipinski definition) is 2. The molecule has 1 aliphatic carbocycles. The number of β-lactam (4-membered cyclic amide) rings is 1. The molecule has 1 aromatic heterocycles. The third-order valence-electron chi connectivity index (χ3n) is 6.61. The van der Waals surface area contributed by atoms with Gasteiger partial charge in [0.15, 0.2) is 5.58 Å². The molecule has 2 aromatic rings. The van der Waals surface area contributed by atoms with Gasteiger partial charge in [0.2, 0.25) is 11.8 Å². The van der Waals surface area contributed by atoms with E-state index in [4.69, 9.17) is 4.42 Å². The highest BCUT2D eigenvalue weighted by Gasteiger charge is 2.54. The van der Waals surface area contributed by atoms with Crippen LogP contribution in [0.2, 0.25) is 0 Å². The zero-order valence-electron chi connectivity index (χ0n) is 19.0. The smallest absolute Gasteiger partial charge is 0.352 e. The number of likely N-dealkylation sites (tertiary alicyclic amines) is 1. The molecule has 4 heterocycles. The van der Waals surface area contributed by atoms with Crippen LogP contribution in [0.5, 0.6) is 0 Å². The molecule has 2 N–H and O–H groups in total. The number of carboxylic acids is 1. The van der Waals surface area contributed by atoms with Crippen molar-refractivity contribution in [3.05, 3.63) is 47.2 Å². The highest BCUT2D eigenvalue weighted by Crippen LogP contribution is 2.42. The number of allylic oxidation sites excluding steroid dienone is 1. The number of rotatable bonds is 7. The van der Waals surface area contributed by atoms with Crippen molar-refractivity contribution in [3.63, 3.8) is 0 Å². The van der Waals surface area contributed by atoms with Gasteiger partial charge >= 0.3 is 5.97 Å². The highest BCUT2D eigenvalue weighted by atomic mass is 32.2. The first-order valence-corrected chi connectivity index (χ1v) is 13.6. The molecule has 3 aliphatic heterocycles. The normalized spacial score (nSPS) is 24.9. The van der Waals surface area contributed by atoms with Gasteiger partial charge in [-0.2, -0.15) is 0 Å². The number of aromatic nitrogens is 1. The lowest BCUT2D eigenvalue weighted by Gasteiger charge is -2.49. The van der Waals surface area contributed by atoms with Crippen LogP contribution in [0.1, 0.15) is 19.3 Å². The third kappa shape index (κ3) is 4.07. The number of carbonyl (C=O) groups is 4. The van der Waals surface area contributed by atoms with Crippen molar-refractivity contribution in [2.24, 2.45) is 0 Å². The van der Waals surface area contributed by atoms with E-state index in [9.17, 15) is 24.3 Å². The summed E-state index contributed by atoms with van der Waals surface area (Å²) in [5.41, 5.74) is 2.25. The number of benzene rings is 1. The van der Waals surface area contributed by atoms with Crippen LogP contribution in [0.3, 0.4) is 0 Å². The Labute approximate surface area is 214 Å². The van der Waals surface area contributed by atoms with Crippen molar-refractivity contribution in [1.29, 1.82) is 0 Å². The number of nitrogens with zero attached hydrogens (tertiary/aromatic N) is 3. The van der Waals surface area contributed by atoms with Crippen LogP contribution >= 0.6 is 23.5 Å². The van der Waals surface area contributed by atoms with Gasteiger partial charge in [-0.15, -0.1) is 11.8 Å². The maximum Gasteiger partial charge on any atom is 0.352 e. The van der Waals surface area contributed by atoms with Gasteiger partial charge in [-0.25, -0.2) is 9.78 Å². The van der Waals surface area contributed by atoms with E-state index in [0.29, 0.717) is 52.2 Å². The van der Waals surface area contributed by atoms with E-state index in [0.717, 1.165) is 24.6 Å². The number of carbonyl (C=O) groups excluding carboxylic acids is 3. The molecule has 12 heteroatoms. The summed E-state index contributed by atoms with van der Waals surface area (Å²) in [4.78, 5) is 57.6. The molecule has 3 amide bonds. The summed E-state index contributed by atoms with van der Waals surface area (Å²) in [6.45, 7) is 0.652. The van der Waals surface area contributed by atoms with Crippen molar-refractivity contribution in [1.82, 2.24) is 20.1 Å². The fourth-order valence-corrected chi connectivity index (χ4v) is 6.68. The summed E-state index contributed by atoms with van der Waals surface area (Å²) in [6.07, 6.45) is 4.25. The number of amides is 3. The molecule has 1 saturated carbocycles. The maximum absolute atomic E-state index is 12.9. The fraction of sp³-hybridized carbons (Fsp3) is 0.375. The quantitative estimate of drug-likeness (QED) is 0.316. The summed E-state index contributed by atoms with van der Waals surface area (Å²) in [5.74, 6) is -1.77. The molecule has 3 fully saturated rings. The Morgan fingerprint density at radius 2 is 2.08 bits per heavy atom. The summed E-state index contributed by atoms with van der Waals surface area (Å²) in [6, 6.07) is 6.78. The zero-order chi connectivity index (χ0) is 25.0. The van der Waals surface area contributed by atoms with Crippen molar-refractivity contribution < 1.29 is 28.7 Å². The number of carboxylic acid groups (broad SMARTS) is 1. The molecule has 2 saturated heterocycles. The molecule has 2 atom stereocenters. The number of para-hydroxylation sites is 2. The minimum Gasteiger partial charge on any atom is -0.477 e. The van der Waals surface area contributed by atoms with Crippen LogP contribution in [-0.4, -0.2) is 79.1 Å². The molecule has 0 radical (unpaired) electrons. The predicted octanol–water partition coefficient (Wildman–Crippen LogP) is 1.98. The van der Waals surface area contributed by atoms with Gasteiger partial charge in [0.05, 0.1) is 5.75 Å². The number of hydrogen-bond acceptors (Lipinski definition) is 8. The van der Waals surface area contributed by atoms with E-state index in [1.807, 2.05) is 23.1 Å². The lowest BCUT2D eigenvalue weighted by Crippen LogP contribution is -2.70. The summed E-state index contributed by atoms with van der Waals surface area (Å²) >= 11 is 2.50. The third-order valence-corrected chi connectivity index (χ3v) is 8.74. The standard InChI is InChI=1S/C24H22N4O6S2/c29-17(11-36-24-25-15-3-1-2-4-16(15)34-24)26-18-21(31)28-19(23(32)33)13(10-35-22(18)28)9-12-7-8-27(20(12)30)14-5-6-14/h1-4,9,14,18,22H,5-8,10-11H2,(H,26,29)(H,32,33)/t18-,22-/m1/s1. The Kier molecular flexibility index (Phi) is 5.79. The lowest BCUT2D eigenvalue weighted by molar-refractivity contribution is -0.150. The number of aliphatic carboxylic acids is 1. The van der Waals surface area contributed by atoms with Crippen molar-refractivity contribution in [2.75, 3.05) is 18.1 Å². The number of fused-ring (bicyclic) bond motifs is 2. The van der Waals surface area contributed by atoms with Crippen molar-refractivity contribution >= 4 is 58.3 Å². The number of nitrogens with one attached hydrogen (secondary N) is 1. The van der Waals surface area contributed by atoms with Crippen LogP contribution in [0, 0.1) is 0 Å². The second-order valence-electron chi connectivity index (χ2n) is 9.02. The highest BCUT2D eigenvalue weighted by molar-refractivity contribution is 8.00. The topological polar surface area (TPSA) is 133 Å². The first-order chi connectivity index (χ1) is 17.4. The molecule has 0 spiro atoms. The Morgan fingerprint density at radius 3 is 2.83 bits per heavy atom. The molecular weight excluding hydrogens is 504 g/mol. The van der Waals surface area contributed by atoms with Crippen molar-refractivity contribution in [2.45, 2.75) is 41.9 Å². The second-order valence-corrected chi connectivity index (χ2v) is 11.1. The molecule has 0 bridgehead atoms. The minimum atomic E-state index is -1.22. The predicted molar refractivity (Wildman–Crippen MR) is 132 cm³/mol. The SMILES string of the molecule is O=C(CSc1nc2ccccc2o1)N[C@@H]1C(=O)N2C(C(=O)O)=C(C=C3CCN(C4CC4)C3=O)CS[C@H]12. The van der Waals surface area contributed by atoms with E-state index in [-0.39, 0.29) is 23.3 Å². The summed E-state index contributed by atoms with van der Waals surface area (Å²) in [7, 11) is 0. The average molecular weight is 527 g/mol. The molecule has 4 aliphatic rings. The van der Waals surface area contributed by atoms with E-state index in [1.165, 1.54) is 16.7 Å². The van der Waals surface area contributed by atoms with Gasteiger partial charge in [-0.05, 0) is 43.0 Å². The molecular formula is C24H22N4O6S2. The number of oxazole rings is 1. The van der Waals surface area contributed by atoms with E-state index in [1.54, 1.807) is 12.1 Å². The molecule has 10 nitrogen and oxygen atoms in total. The molecule has 186 valence electrons. The first-order valence-electron chi connectivity index (χ1n) is 11.6. The average Bonchev–Trinajstić information content (AvgIpc) is 3.52. The number of thioether (sulfide) groups is 2. The van der Waals surface area contributed by atoms with E-state index < -0.39 is 23.3 Å². The van der Waals surface area contributed by atoms with Crippen LogP contribution in [0.15, 0.2) is 56.8 Å². The van der Waals surface area contributed by atoms with Crippen LogP contribution < -0.4 is 5.32 Å². The Balaban J connectivity index is 1.12. The molecule has 0 unspecified atom stereocenters. The van der Waals surface area contributed by atoms with Crippen LogP contribution in [-0.2, 0) is 19.2 Å².